The van der Waals surface area contributed by atoms with Crippen LogP contribution in [0.25, 0.3) is 89.1 Å². The Labute approximate surface area is 299 Å². The van der Waals surface area contributed by atoms with Crippen molar-refractivity contribution in [2.45, 2.75) is 6.54 Å². The Morgan fingerprint density at radius 3 is 1.51 bits per heavy atom. The number of nitrogens with zero attached hydrogens (tertiary/aromatic N) is 4. The van der Waals surface area contributed by atoms with Gasteiger partial charge in [-0.2, -0.15) is 0 Å². The Balaban J connectivity index is 1.55. The summed E-state index contributed by atoms with van der Waals surface area (Å²) in [7, 11) is 0. The van der Waals surface area contributed by atoms with Gasteiger partial charge in [0.2, 0.25) is 0 Å². The quantitative estimate of drug-likeness (QED) is 0.0919. The van der Waals surface area contributed by atoms with E-state index in [-0.39, 0.29) is 6.54 Å². The van der Waals surface area contributed by atoms with E-state index in [1.165, 1.54) is 0 Å². The summed E-state index contributed by atoms with van der Waals surface area (Å²) in [5, 5.41) is 5.77. The molecule has 3 N–H and O–H groups in total. The molecule has 1 aliphatic heterocycles. The molecule has 49 heavy (non-hydrogen) atoms. The van der Waals surface area contributed by atoms with E-state index in [2.05, 4.69) is 25.0 Å². The third-order valence-electron chi connectivity index (χ3n) is 8.56. The molecule has 0 aliphatic carbocycles. The second-order valence-corrected chi connectivity index (χ2v) is 13.1. The van der Waals surface area contributed by atoms with Crippen molar-refractivity contribution in [3.05, 3.63) is 145 Å². The Bertz CT molecular complexity index is 2600. The Morgan fingerprint density at radius 1 is 0.510 bits per heavy atom. The van der Waals surface area contributed by atoms with Gasteiger partial charge in [0.05, 0.1) is 43.5 Å². The molecule has 3 aromatic carbocycles. The minimum atomic E-state index is 0.256. The number of hydrogen-bond acceptors (Lipinski definition) is 2. The SMILES string of the molecule is [N-]=[N+]=NCc1ccc(-c2c3ccc([nH]3)c(-c3c(Cl)cccc3Cl)c3nc(c4ccc([nH]4)c(-c4c(Cl)cccc4Cl)c4ccc2[nH]4)C=C3)cc1. The van der Waals surface area contributed by atoms with Gasteiger partial charge in [-0.05, 0) is 89.5 Å². The molecule has 0 amide bonds. The van der Waals surface area contributed by atoms with Crippen molar-refractivity contribution in [3.8, 4) is 33.4 Å². The van der Waals surface area contributed by atoms with Crippen LogP contribution in [0.4, 0.5) is 0 Å². The van der Waals surface area contributed by atoms with Gasteiger partial charge in [0.1, 0.15) is 0 Å². The van der Waals surface area contributed by atoms with Crippen LogP contribution < -0.4 is 0 Å². The summed E-state index contributed by atoms with van der Waals surface area (Å²) in [4.78, 5) is 18.9. The van der Waals surface area contributed by atoms with E-state index in [1.54, 1.807) is 0 Å². The number of rotatable bonds is 5. The van der Waals surface area contributed by atoms with Crippen LogP contribution in [0.1, 0.15) is 17.0 Å². The highest BCUT2D eigenvalue weighted by molar-refractivity contribution is 6.40. The summed E-state index contributed by atoms with van der Waals surface area (Å²) < 4.78 is 0. The first kappa shape index (κ1) is 31.1. The number of benzene rings is 3. The maximum Gasteiger partial charge on any atom is 0.0872 e. The van der Waals surface area contributed by atoms with Gasteiger partial charge >= 0.3 is 0 Å². The number of azide groups is 1. The molecular weight excluding hydrogens is 696 g/mol. The van der Waals surface area contributed by atoms with Crippen molar-refractivity contribution in [2.24, 2.45) is 5.11 Å². The lowest BCUT2D eigenvalue weighted by molar-refractivity contribution is 1.05. The molecule has 7 nitrogen and oxygen atoms in total. The lowest BCUT2D eigenvalue weighted by Gasteiger charge is -2.09. The molecule has 238 valence electrons. The third kappa shape index (κ3) is 5.62. The number of H-pyrrole nitrogens is 3. The third-order valence-corrected chi connectivity index (χ3v) is 9.82. The molecule has 0 unspecified atom stereocenters. The summed E-state index contributed by atoms with van der Waals surface area (Å²) in [6.07, 6.45) is 3.94. The second kappa shape index (κ2) is 12.7. The zero-order chi connectivity index (χ0) is 33.6. The van der Waals surface area contributed by atoms with Gasteiger partial charge < -0.3 is 15.0 Å². The van der Waals surface area contributed by atoms with Gasteiger partial charge in [-0.25, -0.2) is 4.98 Å². The van der Waals surface area contributed by atoms with Crippen molar-refractivity contribution in [1.82, 2.24) is 19.9 Å². The van der Waals surface area contributed by atoms with E-state index >= 15 is 0 Å². The molecule has 0 saturated carbocycles. The number of aromatic amines is 3. The van der Waals surface area contributed by atoms with Crippen LogP contribution in [0.3, 0.4) is 0 Å². The maximum atomic E-state index is 8.84. The molecule has 4 aromatic heterocycles. The van der Waals surface area contributed by atoms with E-state index < -0.39 is 0 Å². The number of nitrogens with one attached hydrogen (secondary N) is 3. The molecule has 5 heterocycles. The largest absolute Gasteiger partial charge is 0.354 e. The Hall–Kier alpha value is -5.14. The molecule has 0 radical (unpaired) electrons. The molecule has 8 bridgehead atoms. The lowest BCUT2D eigenvalue weighted by atomic mass is 10.0. The maximum absolute atomic E-state index is 8.84. The molecular formula is C38H23Cl4N7. The zero-order valence-corrected chi connectivity index (χ0v) is 28.4. The van der Waals surface area contributed by atoms with Crippen LogP contribution in [0.15, 0.2) is 102 Å². The summed E-state index contributed by atoms with van der Waals surface area (Å²) in [5.74, 6) is 0. The topological polar surface area (TPSA) is 109 Å². The molecule has 11 heteroatoms. The molecule has 7 aromatic rings. The van der Waals surface area contributed by atoms with Gasteiger partial charge in [-0.15, -0.1) is 0 Å². The van der Waals surface area contributed by atoms with E-state index in [9.17, 15) is 0 Å². The molecule has 8 rings (SSSR count). The van der Waals surface area contributed by atoms with Crippen molar-refractivity contribution >= 4 is 91.7 Å². The van der Waals surface area contributed by atoms with Crippen LogP contribution in [-0.4, -0.2) is 19.9 Å². The monoisotopic (exact) mass is 717 g/mol. The van der Waals surface area contributed by atoms with Crippen molar-refractivity contribution in [3.63, 3.8) is 0 Å². The fourth-order valence-corrected chi connectivity index (χ4v) is 7.52. The van der Waals surface area contributed by atoms with Gasteiger partial charge in [0.15, 0.2) is 0 Å². The number of aromatic nitrogens is 4. The highest BCUT2D eigenvalue weighted by atomic mass is 35.5. The standard InChI is InChI=1S/C38H23Cl4N7/c39-22-3-1-4-23(40)35(22)37-30-13-11-26(45-30)27-12-14-31(46-27)38(36-24(41)5-2-6-25(36)42)33-18-16-29(48-33)34(28-15-17-32(37)47-28)21-9-7-20(8-10-21)19-44-49-43/h1-18,45,47-48H,19H2. The molecule has 0 saturated heterocycles. The van der Waals surface area contributed by atoms with E-state index in [0.29, 0.717) is 36.9 Å². The first-order valence-electron chi connectivity index (χ1n) is 15.2. The predicted molar refractivity (Wildman–Crippen MR) is 204 cm³/mol. The summed E-state index contributed by atoms with van der Waals surface area (Å²) >= 11 is 27.4. The molecule has 0 atom stereocenters. The summed E-state index contributed by atoms with van der Waals surface area (Å²) in [5.41, 5.74) is 20.9. The minimum Gasteiger partial charge on any atom is -0.354 e. The predicted octanol–water partition coefficient (Wildman–Crippen LogP) is 13.1. The smallest absolute Gasteiger partial charge is 0.0872 e. The highest BCUT2D eigenvalue weighted by Gasteiger charge is 2.19. The molecule has 1 aliphatic rings. The first-order valence-corrected chi connectivity index (χ1v) is 16.7. The first-order chi connectivity index (χ1) is 23.9. The Kier molecular flexibility index (Phi) is 8.08. The van der Waals surface area contributed by atoms with Crippen LogP contribution in [0.5, 0.6) is 0 Å². The number of hydrogen-bond donors (Lipinski definition) is 3. The van der Waals surface area contributed by atoms with Crippen LogP contribution in [0.2, 0.25) is 20.1 Å². The minimum absolute atomic E-state index is 0.256. The van der Waals surface area contributed by atoms with Gasteiger partial charge in [0, 0.05) is 60.3 Å². The highest BCUT2D eigenvalue weighted by Crippen LogP contribution is 2.42. The average Bonchev–Trinajstić information content (AvgIpc) is 3.92. The van der Waals surface area contributed by atoms with Crippen molar-refractivity contribution < 1.29 is 0 Å². The average molecular weight is 719 g/mol. The fourth-order valence-electron chi connectivity index (χ4n) is 6.35. The van der Waals surface area contributed by atoms with E-state index in [0.717, 1.165) is 66.6 Å². The lowest BCUT2D eigenvalue weighted by Crippen LogP contribution is -1.88. The number of halogens is 4. The van der Waals surface area contributed by atoms with Gasteiger partial charge in [-0.1, -0.05) is 87.9 Å². The van der Waals surface area contributed by atoms with E-state index in [4.69, 9.17) is 56.9 Å². The van der Waals surface area contributed by atoms with Gasteiger partial charge in [0.25, 0.3) is 0 Å². The van der Waals surface area contributed by atoms with Gasteiger partial charge in [-0.3, -0.25) is 0 Å². The fraction of sp³-hybridized carbons (Fsp3) is 0.0263. The molecule has 0 spiro atoms. The summed E-state index contributed by atoms with van der Waals surface area (Å²) in [6, 6.07) is 31.0. The van der Waals surface area contributed by atoms with Crippen LogP contribution >= 0.6 is 46.4 Å². The molecule has 0 fully saturated rings. The summed E-state index contributed by atoms with van der Waals surface area (Å²) in [6.45, 7) is 0.256. The van der Waals surface area contributed by atoms with Crippen LogP contribution in [-0.2, 0) is 6.54 Å². The van der Waals surface area contributed by atoms with Crippen molar-refractivity contribution in [2.75, 3.05) is 0 Å². The second-order valence-electron chi connectivity index (χ2n) is 11.5. The number of fused-ring (bicyclic) bond motifs is 9. The van der Waals surface area contributed by atoms with E-state index in [1.807, 2.05) is 109 Å². The normalized spacial score (nSPS) is 11.7. The van der Waals surface area contributed by atoms with Crippen molar-refractivity contribution in [1.29, 1.82) is 0 Å². The van der Waals surface area contributed by atoms with Crippen LogP contribution in [0, 0.1) is 0 Å². The zero-order valence-electron chi connectivity index (χ0n) is 25.4. The Morgan fingerprint density at radius 2 is 0.959 bits per heavy atom.